The Hall–Kier alpha value is -3.97. The van der Waals surface area contributed by atoms with Gasteiger partial charge in [0.1, 0.15) is 0 Å². The molecule has 4 heteroatoms. The number of non-ortho nitro benzene ring substituents is 1. The van der Waals surface area contributed by atoms with Crippen LogP contribution in [0.3, 0.4) is 0 Å². The molecule has 4 nitrogen and oxygen atoms in total. The van der Waals surface area contributed by atoms with Crippen molar-refractivity contribution in [2.24, 2.45) is 0 Å². The zero-order chi connectivity index (χ0) is 18.8. The molecule has 0 amide bonds. The summed E-state index contributed by atoms with van der Waals surface area (Å²) in [5, 5.41) is 24.9. The van der Waals surface area contributed by atoms with Crippen LogP contribution in [0.4, 0.5) is 5.69 Å². The zero-order valence-corrected chi connectivity index (χ0v) is 14.3. The maximum atomic E-state index is 10.9. The van der Waals surface area contributed by atoms with E-state index in [1.54, 1.807) is 12.1 Å². The van der Waals surface area contributed by atoms with Crippen LogP contribution in [0.15, 0.2) is 78.9 Å². The van der Waals surface area contributed by atoms with Crippen LogP contribution in [0.2, 0.25) is 0 Å². The SMILES string of the molecule is N#C/C(=C\c1c2ccccc2cc2ccccc12)c1ccc([N+](=O)[O-])cc1. The fourth-order valence-corrected chi connectivity index (χ4v) is 3.29. The highest BCUT2D eigenvalue weighted by atomic mass is 16.6. The summed E-state index contributed by atoms with van der Waals surface area (Å²) >= 11 is 0. The maximum Gasteiger partial charge on any atom is 0.269 e. The highest BCUT2D eigenvalue weighted by Gasteiger charge is 2.10. The quantitative estimate of drug-likeness (QED) is 0.150. The number of hydrogen-bond acceptors (Lipinski definition) is 3. The third-order valence-electron chi connectivity index (χ3n) is 4.61. The Bertz CT molecular complexity index is 1200. The average molecular weight is 350 g/mol. The normalized spacial score (nSPS) is 11.4. The van der Waals surface area contributed by atoms with E-state index in [0.29, 0.717) is 11.1 Å². The van der Waals surface area contributed by atoms with Crippen molar-refractivity contribution in [3.8, 4) is 6.07 Å². The highest BCUT2D eigenvalue weighted by Crippen LogP contribution is 2.32. The predicted molar refractivity (Wildman–Crippen MR) is 108 cm³/mol. The lowest BCUT2D eigenvalue weighted by molar-refractivity contribution is -0.384. The summed E-state index contributed by atoms with van der Waals surface area (Å²) in [5.74, 6) is 0. The summed E-state index contributed by atoms with van der Waals surface area (Å²) in [4.78, 5) is 10.4. The summed E-state index contributed by atoms with van der Waals surface area (Å²) in [5.41, 5.74) is 2.09. The molecule has 0 aliphatic heterocycles. The van der Waals surface area contributed by atoms with Crippen molar-refractivity contribution >= 4 is 38.9 Å². The number of nitriles is 1. The Balaban J connectivity index is 1.96. The number of benzene rings is 4. The van der Waals surface area contributed by atoms with E-state index in [4.69, 9.17) is 0 Å². The topological polar surface area (TPSA) is 66.9 Å². The second-order valence-corrected chi connectivity index (χ2v) is 6.21. The summed E-state index contributed by atoms with van der Waals surface area (Å²) in [7, 11) is 0. The van der Waals surface area contributed by atoms with Gasteiger partial charge in [0, 0.05) is 12.1 Å². The first-order chi connectivity index (χ1) is 13.2. The summed E-state index contributed by atoms with van der Waals surface area (Å²) < 4.78 is 0. The number of fused-ring (bicyclic) bond motifs is 2. The maximum absolute atomic E-state index is 10.9. The number of hydrogen-bond donors (Lipinski definition) is 0. The van der Waals surface area contributed by atoms with Gasteiger partial charge in [0.05, 0.1) is 16.6 Å². The van der Waals surface area contributed by atoms with Crippen molar-refractivity contribution in [2.75, 3.05) is 0 Å². The first kappa shape index (κ1) is 16.5. The van der Waals surface area contributed by atoms with Gasteiger partial charge in [-0.25, -0.2) is 0 Å². The van der Waals surface area contributed by atoms with Crippen molar-refractivity contribution in [1.82, 2.24) is 0 Å². The first-order valence-electron chi connectivity index (χ1n) is 8.44. The van der Waals surface area contributed by atoms with Gasteiger partial charge in [-0.05, 0) is 56.9 Å². The van der Waals surface area contributed by atoms with Gasteiger partial charge < -0.3 is 0 Å². The Morgan fingerprint density at radius 3 is 1.96 bits per heavy atom. The lowest BCUT2D eigenvalue weighted by Crippen LogP contribution is -1.89. The molecule has 0 spiro atoms. The molecule has 0 fully saturated rings. The molecular weight excluding hydrogens is 336 g/mol. The van der Waals surface area contributed by atoms with E-state index in [-0.39, 0.29) is 5.69 Å². The number of allylic oxidation sites excluding steroid dienone is 1. The molecule has 0 atom stereocenters. The minimum atomic E-state index is -0.447. The molecule has 4 aromatic rings. The number of nitrogens with zero attached hydrogens (tertiary/aromatic N) is 2. The van der Waals surface area contributed by atoms with Gasteiger partial charge in [0.25, 0.3) is 5.69 Å². The molecule has 0 saturated heterocycles. The minimum Gasteiger partial charge on any atom is -0.258 e. The predicted octanol–water partition coefficient (Wildman–Crippen LogP) is 5.97. The molecule has 27 heavy (non-hydrogen) atoms. The Kier molecular flexibility index (Phi) is 4.12. The Morgan fingerprint density at radius 2 is 1.44 bits per heavy atom. The third kappa shape index (κ3) is 3.03. The largest absolute Gasteiger partial charge is 0.269 e. The Labute approximate surface area is 155 Å². The van der Waals surface area contributed by atoms with Gasteiger partial charge in [-0.1, -0.05) is 48.5 Å². The smallest absolute Gasteiger partial charge is 0.258 e. The molecule has 0 N–H and O–H groups in total. The molecule has 4 rings (SSSR count). The second kappa shape index (κ2) is 6.74. The standard InChI is InChI=1S/C23H14N2O2/c24-15-19(16-9-11-20(12-10-16)25(26)27)14-23-21-7-3-1-5-17(21)13-18-6-2-4-8-22(18)23/h1-14H/b19-14+. The number of nitro benzene ring substituents is 1. The number of rotatable bonds is 3. The molecule has 0 radical (unpaired) electrons. The van der Waals surface area contributed by atoms with Crippen LogP contribution in [0, 0.1) is 21.4 Å². The molecular formula is C23H14N2O2. The van der Waals surface area contributed by atoms with Crippen LogP contribution >= 0.6 is 0 Å². The number of nitro groups is 1. The van der Waals surface area contributed by atoms with E-state index in [1.807, 2.05) is 42.5 Å². The van der Waals surface area contributed by atoms with Gasteiger partial charge in [-0.2, -0.15) is 5.26 Å². The van der Waals surface area contributed by atoms with Crippen LogP contribution in [-0.2, 0) is 0 Å². The first-order valence-corrected chi connectivity index (χ1v) is 8.44. The minimum absolute atomic E-state index is 0.00616. The molecule has 0 aliphatic carbocycles. The van der Waals surface area contributed by atoms with Crippen LogP contribution in [-0.4, -0.2) is 4.92 Å². The molecule has 0 unspecified atom stereocenters. The van der Waals surface area contributed by atoms with E-state index in [9.17, 15) is 15.4 Å². The Morgan fingerprint density at radius 1 is 0.889 bits per heavy atom. The van der Waals surface area contributed by atoms with Gasteiger partial charge >= 0.3 is 0 Å². The fraction of sp³-hybridized carbons (Fsp3) is 0. The monoisotopic (exact) mass is 350 g/mol. The van der Waals surface area contributed by atoms with Gasteiger partial charge in [0.2, 0.25) is 0 Å². The molecule has 0 saturated carbocycles. The highest BCUT2D eigenvalue weighted by molar-refractivity contribution is 6.10. The van der Waals surface area contributed by atoms with Crippen molar-refractivity contribution in [2.45, 2.75) is 0 Å². The van der Waals surface area contributed by atoms with Crippen LogP contribution < -0.4 is 0 Å². The molecule has 128 valence electrons. The van der Waals surface area contributed by atoms with Crippen LogP contribution in [0.1, 0.15) is 11.1 Å². The van der Waals surface area contributed by atoms with Crippen LogP contribution in [0.25, 0.3) is 33.2 Å². The van der Waals surface area contributed by atoms with E-state index < -0.39 is 4.92 Å². The van der Waals surface area contributed by atoms with Crippen molar-refractivity contribution in [3.63, 3.8) is 0 Å². The third-order valence-corrected chi connectivity index (χ3v) is 4.61. The van der Waals surface area contributed by atoms with Crippen molar-refractivity contribution in [3.05, 3.63) is 100 Å². The average Bonchev–Trinajstić information content (AvgIpc) is 2.71. The summed E-state index contributed by atoms with van der Waals surface area (Å²) in [6.45, 7) is 0. The molecule has 0 aromatic heterocycles. The van der Waals surface area contributed by atoms with Crippen molar-refractivity contribution in [1.29, 1.82) is 5.26 Å². The molecule has 0 heterocycles. The molecule has 0 aliphatic rings. The van der Waals surface area contributed by atoms with Crippen LogP contribution in [0.5, 0.6) is 0 Å². The van der Waals surface area contributed by atoms with E-state index in [2.05, 4.69) is 24.3 Å². The lowest BCUT2D eigenvalue weighted by atomic mass is 9.94. The van der Waals surface area contributed by atoms with E-state index >= 15 is 0 Å². The second-order valence-electron chi connectivity index (χ2n) is 6.21. The fourth-order valence-electron chi connectivity index (χ4n) is 3.29. The van der Waals surface area contributed by atoms with E-state index in [0.717, 1.165) is 27.1 Å². The van der Waals surface area contributed by atoms with E-state index in [1.165, 1.54) is 12.1 Å². The van der Waals surface area contributed by atoms with Gasteiger partial charge in [-0.3, -0.25) is 10.1 Å². The summed E-state index contributed by atoms with van der Waals surface area (Å²) in [6.07, 6.45) is 1.87. The van der Waals surface area contributed by atoms with Crippen molar-refractivity contribution < 1.29 is 4.92 Å². The zero-order valence-electron chi connectivity index (χ0n) is 14.3. The van der Waals surface area contributed by atoms with Gasteiger partial charge in [0.15, 0.2) is 0 Å². The lowest BCUT2D eigenvalue weighted by Gasteiger charge is -2.09. The molecule has 0 bridgehead atoms. The van der Waals surface area contributed by atoms with Gasteiger partial charge in [-0.15, -0.1) is 0 Å². The molecule has 4 aromatic carbocycles. The summed E-state index contributed by atoms with van der Waals surface area (Å²) in [6, 6.07) is 26.6.